The molecule has 0 radical (unpaired) electrons. The van der Waals surface area contributed by atoms with Crippen molar-refractivity contribution in [3.8, 4) is 11.4 Å². The van der Waals surface area contributed by atoms with Gasteiger partial charge in [-0.15, -0.1) is 0 Å². The van der Waals surface area contributed by atoms with E-state index >= 15 is 0 Å². The Morgan fingerprint density at radius 3 is 2.65 bits per heavy atom. The first-order valence-electron chi connectivity index (χ1n) is 6.40. The maximum absolute atomic E-state index is 10.8. The minimum Gasteiger partial charge on any atom is -0.480 e. The molecular formula is C14H17N3O3. The number of carbonyl (C=O) groups is 1. The van der Waals surface area contributed by atoms with Gasteiger partial charge in [0.2, 0.25) is 11.7 Å². The Labute approximate surface area is 117 Å². The molecule has 0 aliphatic heterocycles. The number of carboxylic acid groups (broad SMARTS) is 1. The van der Waals surface area contributed by atoms with E-state index in [0.29, 0.717) is 18.3 Å². The first-order chi connectivity index (χ1) is 9.56. The van der Waals surface area contributed by atoms with E-state index in [9.17, 15) is 4.79 Å². The second kappa shape index (κ2) is 6.29. The summed E-state index contributed by atoms with van der Waals surface area (Å²) in [6.45, 7) is 4.12. The van der Waals surface area contributed by atoms with E-state index in [2.05, 4.69) is 10.1 Å². The van der Waals surface area contributed by atoms with Crippen molar-refractivity contribution in [3.05, 3.63) is 36.2 Å². The maximum Gasteiger partial charge on any atom is 0.317 e. The Morgan fingerprint density at radius 2 is 2.05 bits per heavy atom. The summed E-state index contributed by atoms with van der Waals surface area (Å²) in [5.74, 6) is 0.0555. The Hall–Kier alpha value is -2.21. The average molecular weight is 275 g/mol. The fraction of sp³-hybridized carbons (Fsp3) is 0.357. The second-order valence-electron chi connectivity index (χ2n) is 4.77. The maximum atomic E-state index is 10.8. The summed E-state index contributed by atoms with van der Waals surface area (Å²) >= 11 is 0. The van der Waals surface area contributed by atoms with Crippen LogP contribution in [0.1, 0.15) is 19.7 Å². The number of aliphatic carboxylic acids is 1. The number of hydrogen-bond acceptors (Lipinski definition) is 5. The lowest BCUT2D eigenvalue weighted by Gasteiger charge is -2.22. The molecule has 0 aliphatic carbocycles. The van der Waals surface area contributed by atoms with Gasteiger partial charge in [-0.25, -0.2) is 0 Å². The lowest BCUT2D eigenvalue weighted by Crippen LogP contribution is -2.35. The zero-order chi connectivity index (χ0) is 14.5. The Bertz CT molecular complexity index is 566. The zero-order valence-corrected chi connectivity index (χ0v) is 11.5. The minimum atomic E-state index is -0.874. The predicted octanol–water partition coefficient (Wildman–Crippen LogP) is 2.03. The summed E-state index contributed by atoms with van der Waals surface area (Å²) in [5.41, 5.74) is 0.872. The fourth-order valence-corrected chi connectivity index (χ4v) is 1.79. The lowest BCUT2D eigenvalue weighted by molar-refractivity contribution is -0.139. The van der Waals surface area contributed by atoms with E-state index in [4.69, 9.17) is 9.63 Å². The first kappa shape index (κ1) is 14.2. The molecule has 106 valence electrons. The van der Waals surface area contributed by atoms with Crippen LogP contribution in [0, 0.1) is 0 Å². The van der Waals surface area contributed by atoms with Gasteiger partial charge in [0.25, 0.3) is 0 Å². The zero-order valence-electron chi connectivity index (χ0n) is 11.5. The molecule has 1 N–H and O–H groups in total. The molecule has 1 aromatic carbocycles. The quantitative estimate of drug-likeness (QED) is 0.869. The SMILES string of the molecule is CC(C)N(CC(=O)O)Cc1nc(-c2ccccc2)no1. The van der Waals surface area contributed by atoms with Crippen molar-refractivity contribution >= 4 is 5.97 Å². The van der Waals surface area contributed by atoms with Crippen molar-refractivity contribution in [1.82, 2.24) is 15.0 Å². The van der Waals surface area contributed by atoms with Crippen LogP contribution < -0.4 is 0 Å². The van der Waals surface area contributed by atoms with Crippen LogP contribution in [0.5, 0.6) is 0 Å². The number of benzene rings is 1. The largest absolute Gasteiger partial charge is 0.480 e. The van der Waals surface area contributed by atoms with Crippen molar-refractivity contribution < 1.29 is 14.4 Å². The molecule has 0 saturated carbocycles. The van der Waals surface area contributed by atoms with Crippen LogP contribution in [0.3, 0.4) is 0 Å². The van der Waals surface area contributed by atoms with Crippen LogP contribution in [0.25, 0.3) is 11.4 Å². The topological polar surface area (TPSA) is 79.5 Å². The summed E-state index contributed by atoms with van der Waals surface area (Å²) in [5, 5.41) is 12.8. The van der Waals surface area contributed by atoms with Gasteiger partial charge in [-0.3, -0.25) is 9.69 Å². The average Bonchev–Trinajstić information content (AvgIpc) is 2.87. The summed E-state index contributed by atoms with van der Waals surface area (Å²) in [4.78, 5) is 16.9. The van der Waals surface area contributed by atoms with Crippen molar-refractivity contribution in [2.75, 3.05) is 6.54 Å². The molecule has 0 atom stereocenters. The number of hydrogen-bond donors (Lipinski definition) is 1. The molecule has 0 saturated heterocycles. The van der Waals surface area contributed by atoms with Gasteiger partial charge in [0.1, 0.15) is 0 Å². The van der Waals surface area contributed by atoms with Gasteiger partial charge >= 0.3 is 5.97 Å². The molecule has 0 unspecified atom stereocenters. The van der Waals surface area contributed by atoms with E-state index in [0.717, 1.165) is 5.56 Å². The van der Waals surface area contributed by atoms with Gasteiger partial charge in [0, 0.05) is 11.6 Å². The third-order valence-corrected chi connectivity index (χ3v) is 2.91. The molecule has 0 aliphatic rings. The molecule has 1 heterocycles. The van der Waals surface area contributed by atoms with Crippen LogP contribution in [0.4, 0.5) is 0 Å². The Balaban J connectivity index is 2.10. The predicted molar refractivity (Wildman–Crippen MR) is 72.9 cm³/mol. The number of nitrogens with zero attached hydrogens (tertiary/aromatic N) is 3. The van der Waals surface area contributed by atoms with Crippen molar-refractivity contribution in [1.29, 1.82) is 0 Å². The van der Waals surface area contributed by atoms with Crippen molar-refractivity contribution in [2.45, 2.75) is 26.4 Å². The fourth-order valence-electron chi connectivity index (χ4n) is 1.79. The highest BCUT2D eigenvalue weighted by atomic mass is 16.5. The molecule has 0 amide bonds. The molecule has 0 fully saturated rings. The van der Waals surface area contributed by atoms with E-state index in [1.165, 1.54) is 0 Å². The Morgan fingerprint density at radius 1 is 1.35 bits per heavy atom. The van der Waals surface area contributed by atoms with E-state index in [1.807, 2.05) is 44.2 Å². The normalized spacial score (nSPS) is 11.2. The van der Waals surface area contributed by atoms with E-state index < -0.39 is 5.97 Å². The lowest BCUT2D eigenvalue weighted by atomic mass is 10.2. The van der Waals surface area contributed by atoms with Crippen LogP contribution in [0.2, 0.25) is 0 Å². The van der Waals surface area contributed by atoms with Crippen molar-refractivity contribution in [2.24, 2.45) is 0 Å². The highest BCUT2D eigenvalue weighted by Gasteiger charge is 2.17. The van der Waals surface area contributed by atoms with E-state index in [1.54, 1.807) is 4.90 Å². The van der Waals surface area contributed by atoms with Gasteiger partial charge in [-0.1, -0.05) is 35.5 Å². The number of rotatable bonds is 6. The number of aromatic nitrogens is 2. The summed E-state index contributed by atoms with van der Waals surface area (Å²) in [6.07, 6.45) is 0. The van der Waals surface area contributed by atoms with Gasteiger partial charge in [-0.2, -0.15) is 4.98 Å². The van der Waals surface area contributed by atoms with Gasteiger partial charge < -0.3 is 9.63 Å². The molecule has 0 spiro atoms. The smallest absolute Gasteiger partial charge is 0.317 e. The molecule has 6 nitrogen and oxygen atoms in total. The van der Waals surface area contributed by atoms with Crippen molar-refractivity contribution in [3.63, 3.8) is 0 Å². The minimum absolute atomic E-state index is 0.0548. The molecule has 1 aromatic heterocycles. The second-order valence-corrected chi connectivity index (χ2v) is 4.77. The van der Waals surface area contributed by atoms with E-state index in [-0.39, 0.29) is 12.6 Å². The third-order valence-electron chi connectivity index (χ3n) is 2.91. The molecule has 2 rings (SSSR count). The monoisotopic (exact) mass is 275 g/mol. The van der Waals surface area contributed by atoms with Gasteiger partial charge in [-0.05, 0) is 13.8 Å². The highest BCUT2D eigenvalue weighted by Crippen LogP contribution is 2.16. The molecular weight excluding hydrogens is 258 g/mol. The molecule has 6 heteroatoms. The third kappa shape index (κ3) is 3.64. The van der Waals surface area contributed by atoms with Gasteiger partial charge in [0.15, 0.2) is 0 Å². The number of carboxylic acids is 1. The van der Waals surface area contributed by atoms with Crippen LogP contribution in [0.15, 0.2) is 34.9 Å². The molecule has 2 aromatic rings. The highest BCUT2D eigenvalue weighted by molar-refractivity contribution is 5.69. The Kier molecular flexibility index (Phi) is 4.47. The summed E-state index contributed by atoms with van der Waals surface area (Å²) in [7, 11) is 0. The summed E-state index contributed by atoms with van der Waals surface area (Å²) < 4.78 is 5.19. The van der Waals surface area contributed by atoms with Gasteiger partial charge in [0.05, 0.1) is 13.1 Å². The molecule has 0 bridgehead atoms. The standard InChI is InChI=1S/C14H17N3O3/c1-10(2)17(9-13(18)19)8-12-15-14(16-20-12)11-6-4-3-5-7-11/h3-7,10H,8-9H2,1-2H3,(H,18,19). The van der Waals surface area contributed by atoms with Crippen LogP contribution in [-0.2, 0) is 11.3 Å². The van der Waals surface area contributed by atoms with Crippen LogP contribution >= 0.6 is 0 Å². The molecule has 20 heavy (non-hydrogen) atoms. The first-order valence-corrected chi connectivity index (χ1v) is 6.40. The summed E-state index contributed by atoms with van der Waals surface area (Å²) in [6, 6.07) is 9.58. The van der Waals surface area contributed by atoms with Crippen LogP contribution in [-0.4, -0.2) is 38.7 Å².